The third-order valence-electron chi connectivity index (χ3n) is 5.03. The van der Waals surface area contributed by atoms with Gasteiger partial charge in [-0.2, -0.15) is 0 Å². The van der Waals surface area contributed by atoms with Crippen molar-refractivity contribution in [3.63, 3.8) is 0 Å². The number of phenolic OH excluding ortho intramolecular Hbond substituents is 2. The number of phenols is 2. The van der Waals surface area contributed by atoms with E-state index in [1.54, 1.807) is 18.2 Å². The molecule has 0 fully saturated rings. The van der Waals surface area contributed by atoms with Gasteiger partial charge in [0.15, 0.2) is 11.5 Å². The Morgan fingerprint density at radius 2 is 1.67 bits per heavy atom. The van der Waals surface area contributed by atoms with Gasteiger partial charge in [-0.3, -0.25) is 0 Å². The maximum atomic E-state index is 10.6. The third kappa shape index (κ3) is 3.84. The van der Waals surface area contributed by atoms with Crippen molar-refractivity contribution in [2.45, 2.75) is 12.3 Å². The second kappa shape index (κ2) is 8.34. The summed E-state index contributed by atoms with van der Waals surface area (Å²) < 4.78 is 0. The van der Waals surface area contributed by atoms with Crippen LogP contribution in [0.3, 0.4) is 0 Å². The minimum absolute atomic E-state index is 0. The second-order valence-corrected chi connectivity index (χ2v) is 7.05. The molecule has 0 saturated carbocycles. The summed E-state index contributed by atoms with van der Waals surface area (Å²) in [6.45, 7) is 1.61. The zero-order valence-corrected chi connectivity index (χ0v) is 17.1. The molecule has 3 aromatic carbocycles. The van der Waals surface area contributed by atoms with E-state index >= 15 is 0 Å². The van der Waals surface area contributed by atoms with Crippen LogP contribution >= 0.6 is 28.6 Å². The Labute approximate surface area is 174 Å². The van der Waals surface area contributed by atoms with Crippen molar-refractivity contribution >= 4 is 28.6 Å². The fourth-order valence-electron chi connectivity index (χ4n) is 3.78. The summed E-state index contributed by atoms with van der Waals surface area (Å²) >= 11 is 6.02. The van der Waals surface area contributed by atoms with E-state index in [0.29, 0.717) is 10.6 Å². The lowest BCUT2D eigenvalue weighted by atomic mass is 9.84. The van der Waals surface area contributed by atoms with Crippen LogP contribution in [0.2, 0.25) is 5.02 Å². The fraction of sp³-hybridized carbons (Fsp3) is 0.182. The Morgan fingerprint density at radius 1 is 0.963 bits per heavy atom. The third-order valence-corrected chi connectivity index (χ3v) is 5.28. The highest BCUT2D eigenvalue weighted by molar-refractivity contribution is 8.93. The molecule has 4 rings (SSSR count). The molecule has 5 heteroatoms. The molecule has 3 aromatic rings. The van der Waals surface area contributed by atoms with E-state index < -0.39 is 0 Å². The molecule has 0 spiro atoms. The molecule has 140 valence electrons. The first-order valence-electron chi connectivity index (χ1n) is 8.74. The van der Waals surface area contributed by atoms with Crippen molar-refractivity contribution in [1.29, 1.82) is 0 Å². The van der Waals surface area contributed by atoms with Gasteiger partial charge >= 0.3 is 0 Å². The quantitative estimate of drug-likeness (QED) is 0.470. The van der Waals surface area contributed by atoms with Crippen LogP contribution in [0.1, 0.15) is 22.6 Å². The summed E-state index contributed by atoms with van der Waals surface area (Å²) in [6.07, 6.45) is 0.782. The molecular weight excluding hydrogens is 426 g/mol. The lowest BCUT2D eigenvalue weighted by Crippen LogP contribution is -2.20. The van der Waals surface area contributed by atoms with Gasteiger partial charge in [-0.05, 0) is 53.4 Å². The summed E-state index contributed by atoms with van der Waals surface area (Å²) in [6, 6.07) is 19.4. The van der Waals surface area contributed by atoms with Gasteiger partial charge in [0.2, 0.25) is 0 Å². The minimum Gasteiger partial charge on any atom is -0.504 e. The van der Waals surface area contributed by atoms with Crippen molar-refractivity contribution in [3.8, 4) is 22.6 Å². The van der Waals surface area contributed by atoms with Crippen molar-refractivity contribution < 1.29 is 10.2 Å². The molecule has 3 nitrogen and oxygen atoms in total. The largest absolute Gasteiger partial charge is 0.504 e. The van der Waals surface area contributed by atoms with E-state index in [1.165, 1.54) is 5.56 Å². The summed E-state index contributed by atoms with van der Waals surface area (Å²) in [7, 11) is 0. The Morgan fingerprint density at radius 3 is 2.37 bits per heavy atom. The van der Waals surface area contributed by atoms with Crippen molar-refractivity contribution in [2.75, 3.05) is 13.1 Å². The summed E-state index contributed by atoms with van der Waals surface area (Å²) in [5, 5.41) is 25.2. The Bertz CT molecular complexity index is 929. The van der Waals surface area contributed by atoms with Crippen LogP contribution in [-0.2, 0) is 6.42 Å². The molecule has 27 heavy (non-hydrogen) atoms. The molecule has 0 radical (unpaired) electrons. The van der Waals surface area contributed by atoms with Crippen molar-refractivity contribution in [1.82, 2.24) is 5.32 Å². The number of hydrogen-bond acceptors (Lipinski definition) is 3. The predicted molar refractivity (Wildman–Crippen MR) is 115 cm³/mol. The monoisotopic (exact) mass is 445 g/mol. The number of aromatic hydroxyl groups is 2. The molecule has 0 bridgehead atoms. The van der Waals surface area contributed by atoms with Gasteiger partial charge in [-0.1, -0.05) is 54.1 Å². The number of hydrogen-bond donors (Lipinski definition) is 3. The average molecular weight is 447 g/mol. The van der Waals surface area contributed by atoms with Gasteiger partial charge < -0.3 is 15.5 Å². The first-order valence-corrected chi connectivity index (χ1v) is 9.12. The smallest absolute Gasteiger partial charge is 0.165 e. The topological polar surface area (TPSA) is 52.5 Å². The highest BCUT2D eigenvalue weighted by atomic mass is 79.9. The van der Waals surface area contributed by atoms with E-state index in [1.807, 2.05) is 30.3 Å². The average Bonchev–Trinajstić information content (AvgIpc) is 2.87. The van der Waals surface area contributed by atoms with Crippen LogP contribution < -0.4 is 5.32 Å². The zero-order valence-electron chi connectivity index (χ0n) is 14.7. The van der Waals surface area contributed by atoms with Gasteiger partial charge in [-0.25, -0.2) is 0 Å². The molecule has 0 amide bonds. The maximum Gasteiger partial charge on any atom is 0.165 e. The zero-order chi connectivity index (χ0) is 18.1. The number of halogens is 2. The summed E-state index contributed by atoms with van der Waals surface area (Å²) in [5.74, 6) is -0.0393. The van der Waals surface area contributed by atoms with Gasteiger partial charge in [0.05, 0.1) is 0 Å². The number of benzene rings is 3. The van der Waals surface area contributed by atoms with Gasteiger partial charge in [0.1, 0.15) is 0 Å². The number of rotatable bonds is 2. The van der Waals surface area contributed by atoms with Gasteiger partial charge in [0, 0.05) is 23.0 Å². The van der Waals surface area contributed by atoms with Gasteiger partial charge in [-0.15, -0.1) is 17.0 Å². The van der Waals surface area contributed by atoms with E-state index in [-0.39, 0.29) is 34.4 Å². The Hall–Kier alpha value is -2.01. The maximum absolute atomic E-state index is 10.6. The predicted octanol–water partition coefficient (Wildman–Crippen LogP) is 5.27. The van der Waals surface area contributed by atoms with Crippen LogP contribution in [0.5, 0.6) is 11.5 Å². The van der Waals surface area contributed by atoms with Crippen LogP contribution in [0.15, 0.2) is 60.7 Å². The first kappa shape index (κ1) is 19.7. The molecule has 1 atom stereocenters. The molecule has 0 aromatic heterocycles. The number of nitrogens with one attached hydrogen (secondary N) is 1. The van der Waals surface area contributed by atoms with Crippen LogP contribution in [0.4, 0.5) is 0 Å². The molecular formula is C22H21BrClNO2. The molecule has 1 heterocycles. The molecule has 0 aliphatic carbocycles. The Kier molecular flexibility index (Phi) is 6.10. The van der Waals surface area contributed by atoms with E-state index in [0.717, 1.165) is 36.2 Å². The van der Waals surface area contributed by atoms with E-state index in [4.69, 9.17) is 11.6 Å². The molecule has 3 N–H and O–H groups in total. The molecule has 0 saturated heterocycles. The van der Waals surface area contributed by atoms with Crippen LogP contribution in [0.25, 0.3) is 11.1 Å². The summed E-state index contributed by atoms with van der Waals surface area (Å²) in [4.78, 5) is 0. The SMILES string of the molecule is Br.Oc1cc2c(c(-c3ccc(Cl)cc3)c1O)CCNCC2c1ccccc1. The number of fused-ring (bicyclic) bond motifs is 1. The second-order valence-electron chi connectivity index (χ2n) is 6.61. The highest BCUT2D eigenvalue weighted by Gasteiger charge is 2.26. The lowest BCUT2D eigenvalue weighted by Gasteiger charge is -2.22. The van der Waals surface area contributed by atoms with E-state index in [9.17, 15) is 10.2 Å². The van der Waals surface area contributed by atoms with Crippen LogP contribution in [-0.4, -0.2) is 23.3 Å². The normalized spacial score (nSPS) is 16.1. The highest BCUT2D eigenvalue weighted by Crippen LogP contribution is 2.45. The first-order chi connectivity index (χ1) is 12.6. The van der Waals surface area contributed by atoms with Crippen molar-refractivity contribution in [2.24, 2.45) is 0 Å². The van der Waals surface area contributed by atoms with E-state index in [2.05, 4.69) is 17.4 Å². The van der Waals surface area contributed by atoms with Crippen molar-refractivity contribution in [3.05, 3.63) is 82.4 Å². The lowest BCUT2D eigenvalue weighted by molar-refractivity contribution is 0.404. The van der Waals surface area contributed by atoms with Crippen LogP contribution in [0, 0.1) is 0 Å². The van der Waals surface area contributed by atoms with Gasteiger partial charge in [0.25, 0.3) is 0 Å². The minimum atomic E-state index is -0.0865. The molecule has 1 unspecified atom stereocenters. The Balaban J connectivity index is 0.00000210. The molecule has 1 aliphatic rings. The summed E-state index contributed by atoms with van der Waals surface area (Å²) in [5.41, 5.74) is 4.87. The fourth-order valence-corrected chi connectivity index (χ4v) is 3.90. The standard InChI is InChI=1S/C22H20ClNO2.BrH/c23-16-8-6-15(7-9-16)21-17-10-11-24-13-19(14-4-2-1-3-5-14)18(17)12-20(25)22(21)26;/h1-9,12,19,24-26H,10-11,13H2;1H. The molecule has 1 aliphatic heterocycles.